The Balaban J connectivity index is 1.95. The van der Waals surface area contributed by atoms with Crippen LogP contribution in [0.3, 0.4) is 0 Å². The monoisotopic (exact) mass is 366 g/mol. The highest BCUT2D eigenvalue weighted by molar-refractivity contribution is 5.94. The Morgan fingerprint density at radius 3 is 2.65 bits per heavy atom. The number of benzene rings is 2. The summed E-state index contributed by atoms with van der Waals surface area (Å²) in [6, 6.07) is 10.3. The lowest BCUT2D eigenvalue weighted by atomic mass is 10.2. The van der Waals surface area contributed by atoms with Crippen molar-refractivity contribution in [3.63, 3.8) is 0 Å². The molecule has 0 bridgehead atoms. The number of ether oxygens (including phenoxy) is 1. The molecule has 0 saturated heterocycles. The zero-order valence-corrected chi connectivity index (χ0v) is 14.1. The van der Waals surface area contributed by atoms with Gasteiger partial charge >= 0.3 is 6.61 Å². The Hall–Kier alpha value is -3.03. The zero-order chi connectivity index (χ0) is 19.1. The molecule has 1 amide bonds. The van der Waals surface area contributed by atoms with Crippen LogP contribution in [0, 0.1) is 12.7 Å². The van der Waals surface area contributed by atoms with E-state index in [0.717, 1.165) is 6.21 Å². The van der Waals surface area contributed by atoms with Gasteiger partial charge in [-0.3, -0.25) is 4.79 Å². The van der Waals surface area contributed by atoms with Crippen molar-refractivity contribution >= 4 is 17.8 Å². The molecular formula is C18H17F3N2O3. The van der Waals surface area contributed by atoms with E-state index in [1.54, 1.807) is 19.1 Å². The van der Waals surface area contributed by atoms with E-state index in [-0.39, 0.29) is 17.0 Å². The first-order valence-corrected chi connectivity index (χ1v) is 7.67. The lowest BCUT2D eigenvalue weighted by Gasteiger charge is -2.11. The van der Waals surface area contributed by atoms with E-state index in [4.69, 9.17) is 4.84 Å². The number of carbonyl (C=O) groups is 1. The number of rotatable bonds is 7. The van der Waals surface area contributed by atoms with Crippen LogP contribution < -0.4 is 10.1 Å². The number of amides is 1. The number of carbonyl (C=O) groups excluding carboxylic acids is 1. The van der Waals surface area contributed by atoms with Crippen molar-refractivity contribution in [3.8, 4) is 5.75 Å². The number of aryl methyl sites for hydroxylation is 1. The normalized spacial score (nSPS) is 12.2. The SMILES string of the molecule is Cc1ccc(NC(=O)C(C)O/N=C/c2ccccc2OC(F)F)cc1F. The maximum absolute atomic E-state index is 13.5. The van der Waals surface area contributed by atoms with Crippen molar-refractivity contribution in [2.24, 2.45) is 5.16 Å². The summed E-state index contributed by atoms with van der Waals surface area (Å²) in [5.74, 6) is -1.05. The van der Waals surface area contributed by atoms with E-state index in [0.29, 0.717) is 5.56 Å². The highest BCUT2D eigenvalue weighted by Crippen LogP contribution is 2.18. The van der Waals surface area contributed by atoms with E-state index < -0.39 is 24.4 Å². The van der Waals surface area contributed by atoms with Crippen LogP contribution in [0.4, 0.5) is 18.9 Å². The van der Waals surface area contributed by atoms with Gasteiger partial charge in [-0.25, -0.2) is 4.39 Å². The number of hydrogen-bond acceptors (Lipinski definition) is 4. The summed E-state index contributed by atoms with van der Waals surface area (Å²) in [5.41, 5.74) is 1.01. The van der Waals surface area contributed by atoms with Crippen LogP contribution in [0.15, 0.2) is 47.6 Å². The molecule has 0 aliphatic carbocycles. The molecule has 0 aliphatic heterocycles. The highest BCUT2D eigenvalue weighted by Gasteiger charge is 2.15. The van der Waals surface area contributed by atoms with E-state index in [9.17, 15) is 18.0 Å². The minimum Gasteiger partial charge on any atom is -0.434 e. The summed E-state index contributed by atoms with van der Waals surface area (Å²) >= 11 is 0. The maximum atomic E-state index is 13.5. The van der Waals surface area contributed by atoms with Gasteiger partial charge in [-0.15, -0.1) is 0 Å². The molecule has 0 heterocycles. The van der Waals surface area contributed by atoms with Crippen LogP contribution in [-0.4, -0.2) is 24.8 Å². The number of nitrogens with one attached hydrogen (secondary N) is 1. The molecule has 1 unspecified atom stereocenters. The Kier molecular flexibility index (Phi) is 6.60. The van der Waals surface area contributed by atoms with Gasteiger partial charge in [-0.05, 0) is 43.7 Å². The Morgan fingerprint density at radius 2 is 1.96 bits per heavy atom. The van der Waals surface area contributed by atoms with Crippen molar-refractivity contribution in [2.45, 2.75) is 26.6 Å². The zero-order valence-electron chi connectivity index (χ0n) is 14.1. The summed E-state index contributed by atoms with van der Waals surface area (Å²) in [4.78, 5) is 17.0. The highest BCUT2D eigenvalue weighted by atomic mass is 19.3. The molecule has 1 atom stereocenters. The van der Waals surface area contributed by atoms with Crippen LogP contribution in [0.1, 0.15) is 18.1 Å². The molecule has 0 fully saturated rings. The number of hydrogen-bond donors (Lipinski definition) is 1. The molecule has 26 heavy (non-hydrogen) atoms. The van der Waals surface area contributed by atoms with E-state index in [1.165, 1.54) is 37.3 Å². The summed E-state index contributed by atoms with van der Waals surface area (Å²) in [5, 5.41) is 6.11. The van der Waals surface area contributed by atoms with Gasteiger partial charge in [0.2, 0.25) is 6.10 Å². The molecule has 2 aromatic rings. The third-order valence-corrected chi connectivity index (χ3v) is 3.35. The molecule has 0 radical (unpaired) electrons. The summed E-state index contributed by atoms with van der Waals surface area (Å²) in [7, 11) is 0. The molecule has 2 aromatic carbocycles. The van der Waals surface area contributed by atoms with E-state index in [1.807, 2.05) is 0 Å². The minimum absolute atomic E-state index is 0.0675. The molecule has 0 saturated carbocycles. The average molecular weight is 366 g/mol. The second kappa shape index (κ2) is 8.89. The Labute approximate surface area is 148 Å². The second-order valence-electron chi connectivity index (χ2n) is 5.35. The Bertz CT molecular complexity index is 797. The van der Waals surface area contributed by atoms with Gasteiger partial charge < -0.3 is 14.9 Å². The predicted octanol–water partition coefficient (Wildman–Crippen LogP) is 4.11. The minimum atomic E-state index is -2.97. The molecule has 2 rings (SSSR count). The standard InChI is InChI=1S/C18H17F3N2O3/c1-11-7-8-14(9-15(11)19)23-17(24)12(2)26-22-10-13-5-3-4-6-16(13)25-18(20)21/h3-10,12,18H,1-2H3,(H,23,24)/b22-10+. The Morgan fingerprint density at radius 1 is 1.23 bits per heavy atom. The van der Waals surface area contributed by atoms with Crippen LogP contribution in [0.25, 0.3) is 0 Å². The van der Waals surface area contributed by atoms with Crippen molar-refractivity contribution in [1.82, 2.24) is 0 Å². The molecule has 8 heteroatoms. The number of nitrogens with zero attached hydrogens (tertiary/aromatic N) is 1. The molecule has 1 N–H and O–H groups in total. The number of oxime groups is 1. The van der Waals surface area contributed by atoms with Crippen LogP contribution in [0.5, 0.6) is 5.75 Å². The average Bonchev–Trinajstić information content (AvgIpc) is 2.59. The molecular weight excluding hydrogens is 349 g/mol. The number of anilines is 1. The first kappa shape index (κ1) is 19.3. The van der Waals surface area contributed by atoms with Gasteiger partial charge in [0.15, 0.2) is 0 Å². The molecule has 138 valence electrons. The van der Waals surface area contributed by atoms with Crippen molar-refractivity contribution < 1.29 is 27.5 Å². The second-order valence-corrected chi connectivity index (χ2v) is 5.35. The van der Waals surface area contributed by atoms with Gasteiger partial charge in [0.1, 0.15) is 11.6 Å². The first-order valence-electron chi connectivity index (χ1n) is 7.67. The maximum Gasteiger partial charge on any atom is 0.387 e. The lowest BCUT2D eigenvalue weighted by molar-refractivity contribution is -0.126. The van der Waals surface area contributed by atoms with E-state index >= 15 is 0 Å². The van der Waals surface area contributed by atoms with Gasteiger partial charge in [0.05, 0.1) is 6.21 Å². The number of halogens is 3. The third kappa shape index (κ3) is 5.51. The fraction of sp³-hybridized carbons (Fsp3) is 0.222. The largest absolute Gasteiger partial charge is 0.434 e. The summed E-state index contributed by atoms with van der Waals surface area (Å²) in [6.45, 7) is 0.0838. The van der Waals surface area contributed by atoms with Crippen LogP contribution in [-0.2, 0) is 9.63 Å². The van der Waals surface area contributed by atoms with Crippen molar-refractivity contribution in [2.75, 3.05) is 5.32 Å². The lowest BCUT2D eigenvalue weighted by Crippen LogP contribution is -2.26. The third-order valence-electron chi connectivity index (χ3n) is 3.35. The van der Waals surface area contributed by atoms with E-state index in [2.05, 4.69) is 15.2 Å². The number of para-hydroxylation sites is 1. The fourth-order valence-electron chi connectivity index (χ4n) is 1.93. The van der Waals surface area contributed by atoms with Crippen LogP contribution in [0.2, 0.25) is 0 Å². The fourth-order valence-corrected chi connectivity index (χ4v) is 1.93. The van der Waals surface area contributed by atoms with Gasteiger partial charge in [0, 0.05) is 11.3 Å². The van der Waals surface area contributed by atoms with Gasteiger partial charge in [-0.2, -0.15) is 8.78 Å². The molecule has 0 spiro atoms. The molecule has 0 aromatic heterocycles. The summed E-state index contributed by atoms with van der Waals surface area (Å²) < 4.78 is 42.5. The van der Waals surface area contributed by atoms with Crippen molar-refractivity contribution in [1.29, 1.82) is 0 Å². The van der Waals surface area contributed by atoms with Crippen molar-refractivity contribution in [3.05, 3.63) is 59.4 Å². The predicted molar refractivity (Wildman–Crippen MR) is 91.0 cm³/mol. The molecule has 0 aliphatic rings. The topological polar surface area (TPSA) is 59.9 Å². The van der Waals surface area contributed by atoms with Gasteiger partial charge in [0.25, 0.3) is 5.91 Å². The quantitative estimate of drug-likeness (QED) is 0.593. The number of alkyl halides is 2. The summed E-state index contributed by atoms with van der Waals surface area (Å²) in [6.07, 6.45) is 0.173. The first-order chi connectivity index (χ1) is 12.4. The smallest absolute Gasteiger partial charge is 0.387 e. The molecule has 5 nitrogen and oxygen atoms in total. The van der Waals surface area contributed by atoms with Gasteiger partial charge in [-0.1, -0.05) is 23.4 Å². The van der Waals surface area contributed by atoms with Crippen LogP contribution >= 0.6 is 0 Å².